The van der Waals surface area contributed by atoms with E-state index >= 15 is 0 Å². The van der Waals surface area contributed by atoms with Crippen LogP contribution in [0.1, 0.15) is 23.6 Å². The molecule has 0 radical (unpaired) electrons. The van der Waals surface area contributed by atoms with E-state index in [1.807, 2.05) is 0 Å². The van der Waals surface area contributed by atoms with Crippen molar-refractivity contribution < 1.29 is 30.6 Å². The Morgan fingerprint density at radius 3 is 1.38 bits per heavy atom. The fraction of sp³-hybridized carbons (Fsp3) is 0.100. The maximum absolute atomic E-state index is 10.4. The van der Waals surface area contributed by atoms with Crippen LogP contribution in [0.4, 0.5) is 0 Å². The van der Waals surface area contributed by atoms with Crippen LogP contribution < -0.4 is 0 Å². The van der Waals surface area contributed by atoms with Crippen LogP contribution in [0.25, 0.3) is 0 Å². The van der Waals surface area contributed by atoms with Crippen molar-refractivity contribution in [3.05, 3.63) is 71.3 Å². The van der Waals surface area contributed by atoms with E-state index in [4.69, 9.17) is 0 Å². The van der Waals surface area contributed by atoms with Crippen molar-refractivity contribution in [1.82, 2.24) is 0 Å². The maximum atomic E-state index is 10.4. The lowest BCUT2D eigenvalue weighted by molar-refractivity contribution is 0.404. The van der Waals surface area contributed by atoms with E-state index in [0.717, 1.165) is 12.1 Å². The topological polar surface area (TPSA) is 121 Å². The average Bonchev–Trinajstić information content (AvgIpc) is 2.54. The molecule has 134 valence electrons. The summed E-state index contributed by atoms with van der Waals surface area (Å²) in [6.45, 7) is 1.60. The van der Waals surface area contributed by atoms with Gasteiger partial charge in [-0.2, -0.15) is 0 Å². The highest BCUT2D eigenvalue weighted by molar-refractivity contribution is 5.65. The SMILES string of the molecule is CC(c1ccc(O)cc1O)(c1ccc(O)cc1O)c1c(O)cccc1O. The zero-order valence-corrected chi connectivity index (χ0v) is 13.9. The predicted molar refractivity (Wildman–Crippen MR) is 94.9 cm³/mol. The van der Waals surface area contributed by atoms with Gasteiger partial charge in [-0.25, -0.2) is 0 Å². The molecule has 0 heterocycles. The fourth-order valence-corrected chi connectivity index (χ4v) is 3.34. The summed E-state index contributed by atoms with van der Waals surface area (Å²) in [6, 6.07) is 12.0. The molecule has 0 aliphatic rings. The summed E-state index contributed by atoms with van der Waals surface area (Å²) in [4.78, 5) is 0. The summed E-state index contributed by atoms with van der Waals surface area (Å²) in [5.74, 6) is -1.39. The molecule has 0 saturated heterocycles. The second kappa shape index (κ2) is 6.07. The molecule has 26 heavy (non-hydrogen) atoms. The average molecular weight is 354 g/mol. The molecule has 0 amide bonds. The van der Waals surface area contributed by atoms with Gasteiger partial charge in [-0.3, -0.25) is 0 Å². The molecule has 6 heteroatoms. The summed E-state index contributed by atoms with van der Waals surface area (Å²) < 4.78 is 0. The summed E-state index contributed by atoms with van der Waals surface area (Å²) >= 11 is 0. The molecule has 3 aromatic rings. The number of hydrogen-bond acceptors (Lipinski definition) is 6. The Morgan fingerprint density at radius 2 is 1.00 bits per heavy atom. The number of benzene rings is 3. The summed E-state index contributed by atoms with van der Waals surface area (Å²) in [5, 5.41) is 60.9. The van der Waals surface area contributed by atoms with Crippen LogP contribution in [-0.4, -0.2) is 30.6 Å². The van der Waals surface area contributed by atoms with E-state index in [1.165, 1.54) is 42.5 Å². The van der Waals surface area contributed by atoms with E-state index < -0.39 is 5.41 Å². The van der Waals surface area contributed by atoms with E-state index in [1.54, 1.807) is 6.92 Å². The van der Waals surface area contributed by atoms with E-state index in [9.17, 15) is 30.6 Å². The Morgan fingerprint density at radius 1 is 0.577 bits per heavy atom. The molecule has 0 atom stereocenters. The third kappa shape index (κ3) is 2.61. The van der Waals surface area contributed by atoms with Gasteiger partial charge < -0.3 is 30.6 Å². The normalized spacial score (nSPS) is 11.4. The minimum Gasteiger partial charge on any atom is -0.508 e. The molecular formula is C20H18O6. The third-order valence-corrected chi connectivity index (χ3v) is 4.56. The Balaban J connectivity index is 2.43. The monoisotopic (exact) mass is 354 g/mol. The highest BCUT2D eigenvalue weighted by Crippen LogP contribution is 2.51. The van der Waals surface area contributed by atoms with Crippen molar-refractivity contribution >= 4 is 0 Å². The zero-order valence-electron chi connectivity index (χ0n) is 13.9. The zero-order chi connectivity index (χ0) is 19.1. The highest BCUT2D eigenvalue weighted by atomic mass is 16.3. The smallest absolute Gasteiger partial charge is 0.123 e. The molecule has 6 nitrogen and oxygen atoms in total. The number of rotatable bonds is 3. The first-order valence-corrected chi connectivity index (χ1v) is 7.81. The summed E-state index contributed by atoms with van der Waals surface area (Å²) in [6.07, 6.45) is 0. The molecule has 0 unspecified atom stereocenters. The van der Waals surface area contributed by atoms with Crippen molar-refractivity contribution in [3.8, 4) is 34.5 Å². The predicted octanol–water partition coefficient (Wildman–Crippen LogP) is 3.27. The molecule has 0 aromatic heterocycles. The summed E-state index contributed by atoms with van der Waals surface area (Å²) in [7, 11) is 0. The van der Waals surface area contributed by atoms with Crippen molar-refractivity contribution in [2.45, 2.75) is 12.3 Å². The van der Waals surface area contributed by atoms with E-state index in [0.29, 0.717) is 0 Å². The van der Waals surface area contributed by atoms with Crippen molar-refractivity contribution in [3.63, 3.8) is 0 Å². The standard InChI is InChI=1S/C20H18O6/c1-20(13-7-5-11(21)9-17(13)25,14-8-6-12(22)10-18(14)26)19-15(23)3-2-4-16(19)24/h2-10,21-26H,1H3. The lowest BCUT2D eigenvalue weighted by Gasteiger charge is -2.33. The Kier molecular flexibility index (Phi) is 4.04. The number of aromatic hydroxyl groups is 6. The van der Waals surface area contributed by atoms with Crippen molar-refractivity contribution in [2.24, 2.45) is 0 Å². The molecule has 3 aromatic carbocycles. The second-order valence-corrected chi connectivity index (χ2v) is 6.20. The van der Waals surface area contributed by atoms with Crippen molar-refractivity contribution in [2.75, 3.05) is 0 Å². The first-order chi connectivity index (χ1) is 12.2. The van der Waals surface area contributed by atoms with Crippen LogP contribution in [-0.2, 0) is 5.41 Å². The van der Waals surface area contributed by atoms with Crippen LogP contribution >= 0.6 is 0 Å². The molecule has 0 spiro atoms. The Hall–Kier alpha value is -3.54. The molecule has 3 rings (SSSR count). The minimum absolute atomic E-state index is 0.0574. The molecule has 0 aliphatic heterocycles. The molecule has 0 aliphatic carbocycles. The van der Waals surface area contributed by atoms with Crippen molar-refractivity contribution in [1.29, 1.82) is 0 Å². The number of phenols is 6. The van der Waals surface area contributed by atoms with E-state index in [-0.39, 0.29) is 51.2 Å². The van der Waals surface area contributed by atoms with Crippen LogP contribution in [0, 0.1) is 0 Å². The first kappa shape index (κ1) is 17.3. The van der Waals surface area contributed by atoms with Gasteiger partial charge in [-0.1, -0.05) is 18.2 Å². The second-order valence-electron chi connectivity index (χ2n) is 6.20. The molecule has 6 N–H and O–H groups in total. The molecule has 0 saturated carbocycles. The van der Waals surface area contributed by atoms with Crippen LogP contribution in [0.5, 0.6) is 34.5 Å². The van der Waals surface area contributed by atoms with Crippen LogP contribution in [0.15, 0.2) is 54.6 Å². The van der Waals surface area contributed by atoms with Crippen LogP contribution in [0.3, 0.4) is 0 Å². The minimum atomic E-state index is -1.40. The number of hydrogen-bond donors (Lipinski definition) is 6. The fourth-order valence-electron chi connectivity index (χ4n) is 3.34. The van der Waals surface area contributed by atoms with Gasteiger partial charge in [-0.05, 0) is 31.2 Å². The molecule has 0 fully saturated rings. The Labute approximate surface area is 149 Å². The van der Waals surface area contributed by atoms with Gasteiger partial charge in [0.15, 0.2) is 0 Å². The largest absolute Gasteiger partial charge is 0.508 e. The third-order valence-electron chi connectivity index (χ3n) is 4.56. The quantitative estimate of drug-likeness (QED) is 0.402. The number of phenolic OH excluding ortho intramolecular Hbond substituents is 6. The van der Waals surface area contributed by atoms with Crippen LogP contribution in [0.2, 0.25) is 0 Å². The Bertz CT molecular complexity index is 908. The lowest BCUT2D eigenvalue weighted by atomic mass is 9.69. The maximum Gasteiger partial charge on any atom is 0.123 e. The van der Waals surface area contributed by atoms with Gasteiger partial charge in [-0.15, -0.1) is 0 Å². The van der Waals surface area contributed by atoms with Gasteiger partial charge in [0, 0.05) is 23.3 Å². The van der Waals surface area contributed by atoms with Gasteiger partial charge in [0.05, 0.1) is 11.0 Å². The first-order valence-electron chi connectivity index (χ1n) is 7.81. The lowest BCUT2D eigenvalue weighted by Crippen LogP contribution is -2.26. The van der Waals surface area contributed by atoms with Gasteiger partial charge in [0.25, 0.3) is 0 Å². The van der Waals surface area contributed by atoms with E-state index in [2.05, 4.69) is 0 Å². The van der Waals surface area contributed by atoms with Gasteiger partial charge in [0.1, 0.15) is 34.5 Å². The molecular weight excluding hydrogens is 336 g/mol. The van der Waals surface area contributed by atoms with Gasteiger partial charge in [0.2, 0.25) is 0 Å². The molecule has 0 bridgehead atoms. The van der Waals surface area contributed by atoms with Gasteiger partial charge >= 0.3 is 0 Å². The highest BCUT2D eigenvalue weighted by Gasteiger charge is 2.40. The summed E-state index contributed by atoms with van der Waals surface area (Å²) in [5.41, 5.74) is -0.881.